The molecule has 1 aliphatic rings. The zero-order valence-electron chi connectivity index (χ0n) is 16.5. The molecular formula is C19H23F6NO2Si. The van der Waals surface area contributed by atoms with Crippen LogP contribution in [0.4, 0.5) is 32.0 Å². The number of halogens is 6. The SMILES string of the molecule is C=CC[Si]1(OC(=C)C)OC(C)(C)C(C)N1c1cc(C(F)(F)F)cc(C(F)(F)F)c1. The third kappa shape index (κ3) is 4.63. The largest absolute Gasteiger partial charge is 0.527 e. The zero-order chi connectivity index (χ0) is 22.4. The highest BCUT2D eigenvalue weighted by Gasteiger charge is 2.61. The second kappa shape index (κ2) is 7.39. The van der Waals surface area contributed by atoms with E-state index >= 15 is 0 Å². The highest BCUT2D eigenvalue weighted by atomic mass is 28.4. The van der Waals surface area contributed by atoms with E-state index in [9.17, 15) is 26.3 Å². The lowest BCUT2D eigenvalue weighted by molar-refractivity contribution is -0.143. The first kappa shape index (κ1) is 23.3. The Morgan fingerprint density at radius 2 is 1.66 bits per heavy atom. The Balaban J connectivity index is 2.79. The Kier molecular flexibility index (Phi) is 5.95. The van der Waals surface area contributed by atoms with Crippen LogP contribution in [0.25, 0.3) is 0 Å². The number of hydrogen-bond acceptors (Lipinski definition) is 3. The quantitative estimate of drug-likeness (QED) is 0.229. The summed E-state index contributed by atoms with van der Waals surface area (Å²) in [5.74, 6) is 0.247. The van der Waals surface area contributed by atoms with Gasteiger partial charge in [-0.15, -0.1) is 6.58 Å². The number of benzene rings is 1. The van der Waals surface area contributed by atoms with Crippen LogP contribution in [-0.2, 0) is 21.2 Å². The molecule has 29 heavy (non-hydrogen) atoms. The maximum absolute atomic E-state index is 13.4. The molecule has 1 aromatic rings. The summed E-state index contributed by atoms with van der Waals surface area (Å²) in [6.45, 7) is 14.0. The number of anilines is 1. The number of nitrogens with zero attached hydrogens (tertiary/aromatic N) is 1. The topological polar surface area (TPSA) is 21.7 Å². The van der Waals surface area contributed by atoms with Gasteiger partial charge >= 0.3 is 21.1 Å². The predicted molar refractivity (Wildman–Crippen MR) is 100 cm³/mol. The van der Waals surface area contributed by atoms with Crippen LogP contribution in [0.15, 0.2) is 43.2 Å². The lowest BCUT2D eigenvalue weighted by Crippen LogP contribution is -2.55. The van der Waals surface area contributed by atoms with E-state index in [1.54, 1.807) is 27.7 Å². The first-order valence-corrected chi connectivity index (χ1v) is 10.7. The van der Waals surface area contributed by atoms with Crippen molar-refractivity contribution in [3.8, 4) is 0 Å². The maximum atomic E-state index is 13.4. The molecule has 1 heterocycles. The Labute approximate surface area is 166 Å². The third-order valence-electron chi connectivity index (χ3n) is 4.77. The molecule has 1 aliphatic heterocycles. The van der Waals surface area contributed by atoms with Crippen molar-refractivity contribution in [2.24, 2.45) is 0 Å². The second-order valence-electron chi connectivity index (χ2n) is 7.53. The van der Waals surface area contributed by atoms with Crippen molar-refractivity contribution in [3.05, 3.63) is 54.3 Å². The van der Waals surface area contributed by atoms with Gasteiger partial charge in [0, 0.05) is 11.7 Å². The van der Waals surface area contributed by atoms with Gasteiger partial charge in [0.2, 0.25) is 0 Å². The Morgan fingerprint density at radius 3 is 2.03 bits per heavy atom. The fourth-order valence-corrected chi connectivity index (χ4v) is 7.28. The van der Waals surface area contributed by atoms with Crippen LogP contribution in [-0.4, -0.2) is 20.4 Å². The summed E-state index contributed by atoms with van der Waals surface area (Å²) in [6, 6.07) is 1.04. The minimum Gasteiger partial charge on any atom is -0.510 e. The van der Waals surface area contributed by atoms with Gasteiger partial charge < -0.3 is 13.4 Å². The summed E-state index contributed by atoms with van der Waals surface area (Å²) in [4.78, 5) is 0. The van der Waals surface area contributed by atoms with Crippen molar-refractivity contribution < 1.29 is 35.2 Å². The van der Waals surface area contributed by atoms with Gasteiger partial charge in [-0.2, -0.15) is 26.3 Å². The van der Waals surface area contributed by atoms with E-state index in [0.717, 1.165) is 0 Å². The van der Waals surface area contributed by atoms with Crippen LogP contribution >= 0.6 is 0 Å². The van der Waals surface area contributed by atoms with Gasteiger partial charge in [0.25, 0.3) is 0 Å². The molecule has 0 aliphatic carbocycles. The molecule has 0 radical (unpaired) electrons. The smallest absolute Gasteiger partial charge is 0.510 e. The Morgan fingerprint density at radius 1 is 1.17 bits per heavy atom. The van der Waals surface area contributed by atoms with Crippen LogP contribution in [0.2, 0.25) is 6.04 Å². The molecular weight excluding hydrogens is 416 g/mol. The summed E-state index contributed by atoms with van der Waals surface area (Å²) in [6.07, 6.45) is -8.42. The highest BCUT2D eigenvalue weighted by molar-refractivity contribution is 6.73. The predicted octanol–water partition coefficient (Wildman–Crippen LogP) is 6.40. The van der Waals surface area contributed by atoms with E-state index in [0.29, 0.717) is 12.1 Å². The Hall–Kier alpha value is -1.94. The van der Waals surface area contributed by atoms with Crippen molar-refractivity contribution in [1.82, 2.24) is 0 Å². The van der Waals surface area contributed by atoms with E-state index in [1.165, 1.54) is 10.6 Å². The van der Waals surface area contributed by atoms with Crippen LogP contribution in [0.3, 0.4) is 0 Å². The lowest BCUT2D eigenvalue weighted by atomic mass is 10.00. The molecule has 1 fully saturated rings. The minimum absolute atomic E-state index is 0.104. The normalized spacial score (nSPS) is 24.5. The summed E-state index contributed by atoms with van der Waals surface area (Å²) in [5.41, 5.74) is -3.94. The average Bonchev–Trinajstić information content (AvgIpc) is 2.70. The van der Waals surface area contributed by atoms with Gasteiger partial charge in [0.05, 0.1) is 28.5 Å². The van der Waals surface area contributed by atoms with E-state index in [4.69, 9.17) is 8.85 Å². The van der Waals surface area contributed by atoms with Gasteiger partial charge in [-0.3, -0.25) is 0 Å². The monoisotopic (exact) mass is 439 g/mol. The van der Waals surface area contributed by atoms with E-state index in [-0.39, 0.29) is 23.6 Å². The highest BCUT2D eigenvalue weighted by Crippen LogP contribution is 2.46. The first-order chi connectivity index (χ1) is 13.0. The molecule has 0 N–H and O–H groups in total. The van der Waals surface area contributed by atoms with E-state index < -0.39 is 43.8 Å². The van der Waals surface area contributed by atoms with E-state index in [1.807, 2.05) is 0 Å². The molecule has 1 aromatic carbocycles. The average molecular weight is 439 g/mol. The van der Waals surface area contributed by atoms with Gasteiger partial charge in [0.15, 0.2) is 0 Å². The van der Waals surface area contributed by atoms with Crippen LogP contribution in [0.5, 0.6) is 0 Å². The minimum atomic E-state index is -4.95. The molecule has 0 amide bonds. The van der Waals surface area contributed by atoms with Gasteiger partial charge in [0.1, 0.15) is 0 Å². The third-order valence-corrected chi connectivity index (χ3v) is 8.47. The molecule has 0 spiro atoms. The van der Waals surface area contributed by atoms with Crippen molar-refractivity contribution in [1.29, 1.82) is 0 Å². The number of allylic oxidation sites excluding steroid dienone is 2. The lowest BCUT2D eigenvalue weighted by Gasteiger charge is -2.36. The van der Waals surface area contributed by atoms with E-state index in [2.05, 4.69) is 13.2 Å². The number of alkyl halides is 6. The van der Waals surface area contributed by atoms with Gasteiger partial charge in [-0.1, -0.05) is 12.7 Å². The van der Waals surface area contributed by atoms with Crippen molar-refractivity contribution in [2.75, 3.05) is 4.57 Å². The molecule has 0 saturated carbocycles. The Bertz CT molecular complexity index is 773. The maximum Gasteiger partial charge on any atom is 0.527 e. The summed E-state index contributed by atoms with van der Waals surface area (Å²) in [7, 11) is -3.55. The fourth-order valence-electron chi connectivity index (χ4n) is 3.36. The molecule has 0 aromatic heterocycles. The van der Waals surface area contributed by atoms with Gasteiger partial charge in [-0.25, -0.2) is 0 Å². The van der Waals surface area contributed by atoms with Crippen molar-refractivity contribution in [2.45, 2.75) is 57.7 Å². The standard InChI is InChI=1S/C19H23F6NO2Si/c1-7-8-29(27-12(2)3)26(13(4)17(5,6)28-29)16-10-14(18(20,21)22)9-15(11-16)19(23,24)25/h7,9-11,13H,1-2,8H2,3-6H3. The van der Waals surface area contributed by atoms with Crippen LogP contribution < -0.4 is 4.57 Å². The number of hydrogen-bond donors (Lipinski definition) is 0. The molecule has 162 valence electrons. The molecule has 2 rings (SSSR count). The first-order valence-electron chi connectivity index (χ1n) is 8.78. The zero-order valence-corrected chi connectivity index (χ0v) is 17.5. The molecule has 2 atom stereocenters. The molecule has 10 heteroatoms. The molecule has 3 nitrogen and oxygen atoms in total. The van der Waals surface area contributed by atoms with Crippen molar-refractivity contribution >= 4 is 14.4 Å². The molecule has 2 unspecified atom stereocenters. The van der Waals surface area contributed by atoms with Gasteiger partial charge in [-0.05, 0) is 45.9 Å². The van der Waals surface area contributed by atoms with Crippen LogP contribution in [0.1, 0.15) is 38.8 Å². The van der Waals surface area contributed by atoms with Crippen LogP contribution in [0, 0.1) is 0 Å². The fraction of sp³-hybridized carbons (Fsp3) is 0.474. The summed E-state index contributed by atoms with van der Waals surface area (Å²) >= 11 is 0. The second-order valence-corrected chi connectivity index (χ2v) is 10.2. The summed E-state index contributed by atoms with van der Waals surface area (Å²) in [5, 5.41) is 0. The summed E-state index contributed by atoms with van der Waals surface area (Å²) < 4.78 is 93.6. The van der Waals surface area contributed by atoms with Crippen molar-refractivity contribution in [3.63, 3.8) is 0 Å². The molecule has 0 bridgehead atoms. The number of rotatable bonds is 5. The molecule has 1 saturated heterocycles.